The smallest absolute Gasteiger partial charge is 0.404 e. The summed E-state index contributed by atoms with van der Waals surface area (Å²) in [5.74, 6) is -2.15. The molecule has 1 aliphatic rings. The Labute approximate surface area is 114 Å². The first-order valence-electron chi connectivity index (χ1n) is 6.32. The molecule has 20 heavy (non-hydrogen) atoms. The predicted octanol–water partition coefficient (Wildman–Crippen LogP) is 1.29. The maximum atomic E-state index is 13.2. The molecule has 5 nitrogen and oxygen atoms in total. The average molecular weight is 296 g/mol. The first-order valence-corrected chi connectivity index (χ1v) is 6.32. The number of carbonyl (C=O) groups excluding carboxylic acids is 1. The third-order valence-electron chi connectivity index (χ3n) is 3.55. The number of hydrogen-bond donors (Lipinski definition) is 3. The summed E-state index contributed by atoms with van der Waals surface area (Å²) in [6.07, 6.45) is -5.10. The van der Waals surface area contributed by atoms with Crippen molar-refractivity contribution in [2.45, 2.75) is 44.8 Å². The van der Waals surface area contributed by atoms with Gasteiger partial charge < -0.3 is 15.7 Å². The number of halogens is 3. The topological polar surface area (TPSA) is 78.4 Å². The number of alkyl halides is 3. The molecule has 0 spiro atoms. The molecule has 1 atom stereocenters. The van der Waals surface area contributed by atoms with Crippen molar-refractivity contribution in [3.05, 3.63) is 0 Å². The summed E-state index contributed by atoms with van der Waals surface area (Å²) < 4.78 is 39.5. The lowest BCUT2D eigenvalue weighted by molar-refractivity contribution is -0.216. The van der Waals surface area contributed by atoms with Gasteiger partial charge in [0.2, 0.25) is 5.91 Å². The Balaban J connectivity index is 2.80. The summed E-state index contributed by atoms with van der Waals surface area (Å²) in [5.41, 5.74) is -3.43. The van der Waals surface area contributed by atoms with E-state index in [1.165, 1.54) is 13.8 Å². The van der Waals surface area contributed by atoms with Crippen molar-refractivity contribution in [1.82, 2.24) is 10.6 Å². The van der Waals surface area contributed by atoms with Crippen molar-refractivity contribution in [2.75, 3.05) is 13.1 Å². The van der Waals surface area contributed by atoms with Gasteiger partial charge in [-0.05, 0) is 33.2 Å². The highest BCUT2D eigenvalue weighted by atomic mass is 19.4. The molecule has 116 valence electrons. The first-order chi connectivity index (χ1) is 9.00. The van der Waals surface area contributed by atoms with Crippen molar-refractivity contribution in [3.63, 3.8) is 0 Å². The molecule has 3 N–H and O–H groups in total. The Hall–Kier alpha value is -1.31. The molecule has 1 unspecified atom stereocenters. The van der Waals surface area contributed by atoms with Gasteiger partial charge in [-0.25, -0.2) is 0 Å². The van der Waals surface area contributed by atoms with Crippen LogP contribution in [0.1, 0.15) is 33.1 Å². The van der Waals surface area contributed by atoms with E-state index in [1.54, 1.807) is 0 Å². The Kier molecular flexibility index (Phi) is 4.68. The monoisotopic (exact) mass is 296 g/mol. The van der Waals surface area contributed by atoms with Crippen molar-refractivity contribution in [1.29, 1.82) is 0 Å². The van der Waals surface area contributed by atoms with E-state index in [-0.39, 0.29) is 25.8 Å². The molecule has 0 radical (unpaired) electrons. The van der Waals surface area contributed by atoms with Gasteiger partial charge in [0.15, 0.2) is 5.41 Å². The third-order valence-corrected chi connectivity index (χ3v) is 3.55. The zero-order chi connectivity index (χ0) is 15.6. The summed E-state index contributed by atoms with van der Waals surface area (Å²) in [4.78, 5) is 22.6. The molecule has 0 aromatic heterocycles. The summed E-state index contributed by atoms with van der Waals surface area (Å²) >= 11 is 0. The average Bonchev–Trinajstić information content (AvgIpc) is 2.75. The fourth-order valence-electron chi connectivity index (χ4n) is 2.17. The molecule has 1 saturated heterocycles. The van der Waals surface area contributed by atoms with Crippen LogP contribution in [-0.4, -0.2) is 41.8 Å². The number of carbonyl (C=O) groups is 2. The minimum Gasteiger partial charge on any atom is -0.481 e. The zero-order valence-corrected chi connectivity index (χ0v) is 11.4. The van der Waals surface area contributed by atoms with Crippen LogP contribution < -0.4 is 10.6 Å². The summed E-state index contributed by atoms with van der Waals surface area (Å²) in [6.45, 7) is 2.71. The highest BCUT2D eigenvalue weighted by Crippen LogP contribution is 2.43. The number of carboxylic acids is 1. The molecule has 0 bridgehead atoms. The Morgan fingerprint density at radius 3 is 2.35 bits per heavy atom. The van der Waals surface area contributed by atoms with E-state index in [2.05, 4.69) is 10.6 Å². The van der Waals surface area contributed by atoms with Gasteiger partial charge in [-0.15, -0.1) is 0 Å². The molecular weight excluding hydrogens is 277 g/mol. The maximum absolute atomic E-state index is 13.2. The zero-order valence-electron chi connectivity index (χ0n) is 11.4. The molecule has 1 amide bonds. The minimum atomic E-state index is -4.64. The highest BCUT2D eigenvalue weighted by molar-refractivity contribution is 5.85. The second kappa shape index (κ2) is 5.59. The van der Waals surface area contributed by atoms with E-state index in [0.717, 1.165) is 0 Å². The van der Waals surface area contributed by atoms with Gasteiger partial charge in [0.1, 0.15) is 0 Å². The third kappa shape index (κ3) is 3.62. The van der Waals surface area contributed by atoms with E-state index in [9.17, 15) is 22.8 Å². The first kappa shape index (κ1) is 16.7. The molecule has 0 aliphatic carbocycles. The number of aliphatic carboxylic acids is 1. The van der Waals surface area contributed by atoms with Crippen LogP contribution in [0, 0.1) is 5.41 Å². The van der Waals surface area contributed by atoms with Crippen LogP contribution in [0.25, 0.3) is 0 Å². The van der Waals surface area contributed by atoms with Crippen LogP contribution in [0.2, 0.25) is 0 Å². The SMILES string of the molecule is CC(C)(CCC(=O)O)NC(=O)C1(C(F)(F)F)CCNC1. The van der Waals surface area contributed by atoms with Crippen molar-refractivity contribution >= 4 is 11.9 Å². The normalized spacial score (nSPS) is 23.6. The van der Waals surface area contributed by atoms with Gasteiger partial charge in [-0.1, -0.05) is 0 Å². The number of rotatable bonds is 5. The lowest BCUT2D eigenvalue weighted by Gasteiger charge is -2.34. The van der Waals surface area contributed by atoms with Crippen LogP contribution in [0.5, 0.6) is 0 Å². The van der Waals surface area contributed by atoms with E-state index in [4.69, 9.17) is 5.11 Å². The fourth-order valence-corrected chi connectivity index (χ4v) is 2.17. The van der Waals surface area contributed by atoms with Crippen molar-refractivity contribution in [2.24, 2.45) is 5.41 Å². The molecule has 0 saturated carbocycles. The molecule has 0 aromatic rings. The molecule has 1 heterocycles. The largest absolute Gasteiger partial charge is 0.481 e. The number of nitrogens with one attached hydrogen (secondary N) is 2. The van der Waals surface area contributed by atoms with E-state index < -0.39 is 35.6 Å². The van der Waals surface area contributed by atoms with Crippen molar-refractivity contribution < 1.29 is 27.9 Å². The van der Waals surface area contributed by atoms with E-state index >= 15 is 0 Å². The molecule has 0 aromatic carbocycles. The van der Waals surface area contributed by atoms with Crippen LogP contribution >= 0.6 is 0 Å². The molecule has 1 aliphatic heterocycles. The van der Waals surface area contributed by atoms with Crippen LogP contribution in [0.3, 0.4) is 0 Å². The highest BCUT2D eigenvalue weighted by Gasteiger charge is 2.61. The van der Waals surface area contributed by atoms with Gasteiger partial charge in [0.05, 0.1) is 0 Å². The van der Waals surface area contributed by atoms with Gasteiger partial charge in [-0.3, -0.25) is 9.59 Å². The lowest BCUT2D eigenvalue weighted by atomic mass is 9.83. The second-order valence-electron chi connectivity index (χ2n) is 5.74. The van der Waals surface area contributed by atoms with Gasteiger partial charge in [0, 0.05) is 18.5 Å². The summed E-state index contributed by atoms with van der Waals surface area (Å²) in [7, 11) is 0. The molecule has 1 rings (SSSR count). The maximum Gasteiger partial charge on any atom is 0.404 e. The quantitative estimate of drug-likeness (QED) is 0.714. The van der Waals surface area contributed by atoms with Gasteiger partial charge in [-0.2, -0.15) is 13.2 Å². The number of amides is 1. The van der Waals surface area contributed by atoms with E-state index in [0.29, 0.717) is 0 Å². The standard InChI is InChI=1S/C12H19F3N2O3/c1-10(2,4-3-8(18)19)17-9(20)11(12(13,14)15)5-6-16-7-11/h16H,3-7H2,1-2H3,(H,17,20)(H,18,19). The summed E-state index contributed by atoms with van der Waals surface area (Å²) in [6, 6.07) is 0. The molecule has 1 fully saturated rings. The van der Waals surface area contributed by atoms with Gasteiger partial charge >= 0.3 is 12.1 Å². The molecular formula is C12H19F3N2O3. The van der Waals surface area contributed by atoms with Crippen LogP contribution in [0.15, 0.2) is 0 Å². The van der Waals surface area contributed by atoms with Gasteiger partial charge in [0.25, 0.3) is 0 Å². The number of carboxylic acid groups (broad SMARTS) is 1. The summed E-state index contributed by atoms with van der Waals surface area (Å²) in [5, 5.41) is 13.5. The predicted molar refractivity (Wildman–Crippen MR) is 65.1 cm³/mol. The van der Waals surface area contributed by atoms with Crippen molar-refractivity contribution in [3.8, 4) is 0 Å². The van der Waals surface area contributed by atoms with Crippen LogP contribution in [0.4, 0.5) is 13.2 Å². The Morgan fingerprint density at radius 1 is 1.35 bits per heavy atom. The molecule has 8 heteroatoms. The van der Waals surface area contributed by atoms with Crippen LogP contribution in [-0.2, 0) is 9.59 Å². The minimum absolute atomic E-state index is 0.0649. The number of hydrogen-bond acceptors (Lipinski definition) is 3. The van der Waals surface area contributed by atoms with E-state index in [1.807, 2.05) is 0 Å². The lowest BCUT2D eigenvalue weighted by Crippen LogP contribution is -2.57. The Bertz CT molecular complexity index is 388. The fraction of sp³-hybridized carbons (Fsp3) is 0.833. The Morgan fingerprint density at radius 2 is 1.95 bits per heavy atom. The second-order valence-corrected chi connectivity index (χ2v) is 5.74.